The van der Waals surface area contributed by atoms with E-state index in [-0.39, 0.29) is 19.5 Å². The Hall–Kier alpha value is -0.360. The fourth-order valence-corrected chi connectivity index (χ4v) is 1.35. The molecule has 1 fully saturated rings. The highest BCUT2D eigenvalue weighted by atomic mass is 19.4. The quantitative estimate of drug-likeness (QED) is 0.573. The topological polar surface area (TPSA) is 32.3 Å². The Bertz CT molecular complexity index is 184. The predicted octanol–water partition coefficient (Wildman–Crippen LogP) is 1.00. The van der Waals surface area contributed by atoms with Gasteiger partial charge < -0.3 is 10.4 Å². The number of halogens is 4. The smallest absolute Gasteiger partial charge is 0.378 e. The molecule has 2 atom stereocenters. The fraction of sp³-hybridized carbons (Fsp3) is 1.00. The molecule has 1 saturated heterocycles. The molecule has 0 radical (unpaired) electrons. The highest BCUT2D eigenvalue weighted by molar-refractivity contribution is 4.96. The van der Waals surface area contributed by atoms with Gasteiger partial charge in [0, 0.05) is 6.42 Å². The molecule has 0 aliphatic carbocycles. The minimum atomic E-state index is -4.89. The minimum Gasteiger partial charge on any atom is -0.378 e. The molecule has 1 heterocycles. The van der Waals surface area contributed by atoms with E-state index in [1.54, 1.807) is 0 Å². The van der Waals surface area contributed by atoms with Crippen LogP contribution in [-0.2, 0) is 0 Å². The summed E-state index contributed by atoms with van der Waals surface area (Å²) in [6.45, 7) is 0.149. The predicted molar refractivity (Wildman–Crippen MR) is 38.0 cm³/mol. The lowest BCUT2D eigenvalue weighted by Gasteiger charge is -2.31. The molecule has 0 spiro atoms. The number of alkyl halides is 4. The Labute approximate surface area is 72.9 Å². The van der Waals surface area contributed by atoms with Crippen molar-refractivity contribution in [2.24, 2.45) is 0 Å². The standard InChI is InChI=1S/C7H11F4NO/c8-5-1-3-12-4-2-6(5,13)7(9,10)11/h5,12-13H,1-4H2/t5-,6+/m0/s1. The monoisotopic (exact) mass is 201 g/mol. The van der Waals surface area contributed by atoms with Gasteiger partial charge in [0.2, 0.25) is 0 Å². The van der Waals surface area contributed by atoms with Crippen LogP contribution < -0.4 is 5.32 Å². The summed E-state index contributed by atoms with van der Waals surface area (Å²) >= 11 is 0. The number of rotatable bonds is 0. The Morgan fingerprint density at radius 1 is 1.31 bits per heavy atom. The molecule has 1 rings (SSSR count). The summed E-state index contributed by atoms with van der Waals surface area (Å²) in [7, 11) is 0. The molecule has 13 heavy (non-hydrogen) atoms. The first-order valence-corrected chi connectivity index (χ1v) is 4.02. The van der Waals surface area contributed by atoms with Crippen molar-refractivity contribution in [3.8, 4) is 0 Å². The Kier molecular flexibility index (Phi) is 2.82. The van der Waals surface area contributed by atoms with Crippen LogP contribution in [0.3, 0.4) is 0 Å². The zero-order valence-corrected chi connectivity index (χ0v) is 6.86. The first-order chi connectivity index (χ1) is 5.88. The molecule has 1 aliphatic rings. The van der Waals surface area contributed by atoms with Gasteiger partial charge in [0.1, 0.15) is 6.17 Å². The van der Waals surface area contributed by atoms with Crippen molar-refractivity contribution in [2.45, 2.75) is 30.8 Å². The van der Waals surface area contributed by atoms with E-state index in [9.17, 15) is 17.6 Å². The van der Waals surface area contributed by atoms with Crippen molar-refractivity contribution in [3.63, 3.8) is 0 Å². The molecule has 0 aromatic carbocycles. The van der Waals surface area contributed by atoms with Gasteiger partial charge in [-0.05, 0) is 19.5 Å². The van der Waals surface area contributed by atoms with Crippen molar-refractivity contribution in [3.05, 3.63) is 0 Å². The highest BCUT2D eigenvalue weighted by Gasteiger charge is 2.58. The zero-order valence-electron chi connectivity index (χ0n) is 6.86. The minimum absolute atomic E-state index is 0.0174. The van der Waals surface area contributed by atoms with Crippen LogP contribution in [0.4, 0.5) is 17.6 Å². The first kappa shape index (κ1) is 10.7. The summed E-state index contributed by atoms with van der Waals surface area (Å²) in [6.07, 6.45) is -8.06. The third-order valence-corrected chi connectivity index (χ3v) is 2.27. The number of nitrogens with one attached hydrogen (secondary N) is 1. The van der Waals surface area contributed by atoms with Gasteiger partial charge >= 0.3 is 6.18 Å². The maximum atomic E-state index is 13.0. The number of hydrogen-bond donors (Lipinski definition) is 2. The fourth-order valence-electron chi connectivity index (χ4n) is 1.35. The molecule has 2 nitrogen and oxygen atoms in total. The van der Waals surface area contributed by atoms with Gasteiger partial charge in [0.05, 0.1) is 0 Å². The van der Waals surface area contributed by atoms with Crippen molar-refractivity contribution in [1.82, 2.24) is 5.32 Å². The van der Waals surface area contributed by atoms with E-state index in [1.807, 2.05) is 0 Å². The summed E-state index contributed by atoms with van der Waals surface area (Å²) in [5.74, 6) is 0. The Morgan fingerprint density at radius 3 is 2.46 bits per heavy atom. The van der Waals surface area contributed by atoms with E-state index >= 15 is 0 Å². The van der Waals surface area contributed by atoms with Crippen LogP contribution in [0.15, 0.2) is 0 Å². The van der Waals surface area contributed by atoms with Gasteiger partial charge in [-0.2, -0.15) is 13.2 Å². The Morgan fingerprint density at radius 2 is 1.92 bits per heavy atom. The number of aliphatic hydroxyl groups is 1. The van der Waals surface area contributed by atoms with Gasteiger partial charge in [-0.15, -0.1) is 0 Å². The molecular weight excluding hydrogens is 190 g/mol. The summed E-state index contributed by atoms with van der Waals surface area (Å²) < 4.78 is 49.7. The molecule has 6 heteroatoms. The maximum Gasteiger partial charge on any atom is 0.420 e. The van der Waals surface area contributed by atoms with Gasteiger partial charge in [-0.3, -0.25) is 0 Å². The third kappa shape index (κ3) is 1.94. The van der Waals surface area contributed by atoms with Crippen LogP contribution in [0.2, 0.25) is 0 Å². The lowest BCUT2D eigenvalue weighted by Crippen LogP contribution is -2.52. The van der Waals surface area contributed by atoms with Gasteiger partial charge in [-0.1, -0.05) is 0 Å². The molecule has 2 N–H and O–H groups in total. The lowest BCUT2D eigenvalue weighted by molar-refractivity contribution is -0.281. The molecule has 0 saturated carbocycles. The Balaban J connectivity index is 2.83. The summed E-state index contributed by atoms with van der Waals surface area (Å²) in [6, 6.07) is 0. The SMILES string of the molecule is O[C@]1(C(F)(F)F)CCNCC[C@@H]1F. The van der Waals surface area contributed by atoms with Crippen LogP contribution in [0.25, 0.3) is 0 Å². The van der Waals surface area contributed by atoms with Gasteiger partial charge in [0.25, 0.3) is 0 Å². The molecule has 0 aromatic rings. The summed E-state index contributed by atoms with van der Waals surface area (Å²) in [5.41, 5.74) is -3.17. The van der Waals surface area contributed by atoms with Crippen LogP contribution in [0.5, 0.6) is 0 Å². The second-order valence-electron chi connectivity index (χ2n) is 3.18. The van der Waals surface area contributed by atoms with Gasteiger partial charge in [-0.25, -0.2) is 4.39 Å². The molecule has 0 aromatic heterocycles. The van der Waals surface area contributed by atoms with Crippen molar-refractivity contribution < 1.29 is 22.7 Å². The zero-order chi connectivity index (χ0) is 10.1. The molecule has 78 valence electrons. The van der Waals surface area contributed by atoms with E-state index < -0.39 is 24.4 Å². The van der Waals surface area contributed by atoms with Crippen LogP contribution in [-0.4, -0.2) is 36.1 Å². The van der Waals surface area contributed by atoms with Crippen molar-refractivity contribution in [2.75, 3.05) is 13.1 Å². The van der Waals surface area contributed by atoms with Crippen molar-refractivity contribution in [1.29, 1.82) is 0 Å². The molecule has 0 amide bonds. The molecular formula is C7H11F4NO. The van der Waals surface area contributed by atoms with E-state index in [2.05, 4.69) is 5.32 Å². The number of hydrogen-bond acceptors (Lipinski definition) is 2. The van der Waals surface area contributed by atoms with Crippen LogP contribution in [0, 0.1) is 0 Å². The highest BCUT2D eigenvalue weighted by Crippen LogP contribution is 2.38. The van der Waals surface area contributed by atoms with E-state index in [0.717, 1.165) is 0 Å². The van der Waals surface area contributed by atoms with E-state index in [4.69, 9.17) is 5.11 Å². The second-order valence-corrected chi connectivity index (χ2v) is 3.18. The van der Waals surface area contributed by atoms with Gasteiger partial charge in [0.15, 0.2) is 5.60 Å². The largest absolute Gasteiger partial charge is 0.420 e. The average Bonchev–Trinajstić information content (AvgIpc) is 2.14. The molecule has 0 bridgehead atoms. The maximum absolute atomic E-state index is 13.0. The first-order valence-electron chi connectivity index (χ1n) is 4.02. The molecule has 1 aliphatic heterocycles. The normalized spacial score (nSPS) is 37.2. The van der Waals surface area contributed by atoms with E-state index in [1.165, 1.54) is 0 Å². The molecule has 0 unspecified atom stereocenters. The van der Waals surface area contributed by atoms with Crippen LogP contribution in [0.1, 0.15) is 12.8 Å². The second kappa shape index (κ2) is 3.42. The average molecular weight is 201 g/mol. The van der Waals surface area contributed by atoms with Crippen LogP contribution >= 0.6 is 0 Å². The third-order valence-electron chi connectivity index (χ3n) is 2.27. The summed E-state index contributed by atoms with van der Waals surface area (Å²) in [5, 5.41) is 11.7. The summed E-state index contributed by atoms with van der Waals surface area (Å²) in [4.78, 5) is 0. The van der Waals surface area contributed by atoms with E-state index in [0.29, 0.717) is 0 Å². The van der Waals surface area contributed by atoms with Crippen molar-refractivity contribution >= 4 is 0 Å². The lowest BCUT2D eigenvalue weighted by atomic mass is 9.92.